The largest absolute Gasteiger partial charge is 0.416 e. The number of aromatic amines is 1. The second-order valence-corrected chi connectivity index (χ2v) is 10.9. The smallest absolute Gasteiger partial charge is 0.370 e. The van der Waals surface area contributed by atoms with E-state index < -0.39 is 24.1 Å². The molecule has 9 nitrogen and oxygen atoms in total. The summed E-state index contributed by atoms with van der Waals surface area (Å²) in [7, 11) is 0. The Morgan fingerprint density at radius 3 is 2.50 bits per heavy atom. The van der Waals surface area contributed by atoms with Gasteiger partial charge < -0.3 is 27.5 Å². The maximum atomic E-state index is 13.7. The minimum absolute atomic E-state index is 0.0215. The van der Waals surface area contributed by atoms with Gasteiger partial charge in [-0.2, -0.15) is 18.2 Å². The van der Waals surface area contributed by atoms with E-state index in [2.05, 4.69) is 20.3 Å². The number of nitrogens with zero attached hydrogens (tertiary/aromatic N) is 3. The molecule has 0 saturated heterocycles. The Kier molecular flexibility index (Phi) is 10.8. The van der Waals surface area contributed by atoms with E-state index >= 15 is 0 Å². The molecule has 2 heterocycles. The summed E-state index contributed by atoms with van der Waals surface area (Å²) in [5.74, 6) is 0.0215. The molecular weight excluding hydrogens is 576 g/mol. The van der Waals surface area contributed by atoms with Crippen LogP contribution in [0.5, 0.6) is 0 Å². The van der Waals surface area contributed by atoms with Crippen LogP contribution in [0, 0.1) is 0 Å². The molecule has 0 bridgehead atoms. The molecule has 2 aromatic heterocycles. The standard InChI is InChI=1S/C31H38F4N8O/c1-19(36)4-2-5-20-14-22(16-24(15-20)31(33,34)35)27-17-23-18-43(30(44)42-28(23)41-27)25-8-6-21(7-9-25)26(10-11-32)39-12-3-13-40-29(37)38/h6-9,14-19,26,39H,2-5,10-13,36H2,1H3,(H4,37,38,40)(H,41,42,44)/t19-,26-/m0/s1. The average Bonchev–Trinajstić information content (AvgIpc) is 3.38. The van der Waals surface area contributed by atoms with Gasteiger partial charge in [0.1, 0.15) is 5.65 Å². The third-order valence-electron chi connectivity index (χ3n) is 7.26. The molecule has 0 amide bonds. The lowest BCUT2D eigenvalue weighted by Crippen LogP contribution is -2.25. The molecule has 0 radical (unpaired) electrons. The summed E-state index contributed by atoms with van der Waals surface area (Å²) in [6.45, 7) is 2.39. The first-order valence-electron chi connectivity index (χ1n) is 14.5. The van der Waals surface area contributed by atoms with E-state index in [0.29, 0.717) is 66.7 Å². The van der Waals surface area contributed by atoms with Crippen molar-refractivity contribution in [3.63, 3.8) is 0 Å². The summed E-state index contributed by atoms with van der Waals surface area (Å²) < 4.78 is 55.8. The van der Waals surface area contributed by atoms with Crippen LogP contribution in [0.4, 0.5) is 17.6 Å². The number of benzene rings is 2. The first kappa shape index (κ1) is 32.7. The van der Waals surface area contributed by atoms with Gasteiger partial charge in [0.15, 0.2) is 5.96 Å². The van der Waals surface area contributed by atoms with Crippen molar-refractivity contribution in [2.45, 2.75) is 57.3 Å². The number of hydrogen-bond donors (Lipinski definition) is 5. The maximum Gasteiger partial charge on any atom is 0.416 e. The van der Waals surface area contributed by atoms with Gasteiger partial charge in [0, 0.05) is 35.9 Å². The number of alkyl halides is 4. The monoisotopic (exact) mass is 614 g/mol. The van der Waals surface area contributed by atoms with Gasteiger partial charge in [-0.05, 0) is 98.7 Å². The highest BCUT2D eigenvalue weighted by Gasteiger charge is 2.31. The van der Waals surface area contributed by atoms with E-state index in [4.69, 9.17) is 17.2 Å². The fourth-order valence-corrected chi connectivity index (χ4v) is 5.04. The molecule has 0 unspecified atom stereocenters. The van der Waals surface area contributed by atoms with Crippen molar-refractivity contribution in [3.05, 3.63) is 81.9 Å². The molecule has 0 fully saturated rings. The van der Waals surface area contributed by atoms with Crippen LogP contribution in [-0.4, -0.2) is 46.3 Å². The summed E-state index contributed by atoms with van der Waals surface area (Å²) in [6.07, 6.45) is -0.161. The number of aryl methyl sites for hydroxylation is 1. The number of aromatic nitrogens is 3. The molecule has 2 atom stereocenters. The fraction of sp³-hybridized carbons (Fsp3) is 0.387. The van der Waals surface area contributed by atoms with Crippen molar-refractivity contribution in [3.8, 4) is 16.9 Å². The third-order valence-corrected chi connectivity index (χ3v) is 7.26. The lowest BCUT2D eigenvalue weighted by atomic mass is 9.99. The number of fused-ring (bicyclic) bond motifs is 1. The zero-order chi connectivity index (χ0) is 31.9. The van der Waals surface area contributed by atoms with Crippen LogP contribution >= 0.6 is 0 Å². The molecule has 0 spiro atoms. The van der Waals surface area contributed by atoms with Gasteiger partial charge in [0.2, 0.25) is 0 Å². The number of aliphatic imine (C=N–C) groups is 1. The Balaban J connectivity index is 1.58. The molecule has 13 heteroatoms. The average molecular weight is 615 g/mol. The fourth-order valence-electron chi connectivity index (χ4n) is 5.04. The zero-order valence-corrected chi connectivity index (χ0v) is 24.5. The maximum absolute atomic E-state index is 13.7. The predicted molar refractivity (Wildman–Crippen MR) is 165 cm³/mol. The van der Waals surface area contributed by atoms with Crippen LogP contribution in [-0.2, 0) is 12.6 Å². The van der Waals surface area contributed by atoms with Crippen LogP contribution in [0.2, 0.25) is 0 Å². The number of nitrogens with one attached hydrogen (secondary N) is 2. The van der Waals surface area contributed by atoms with Crippen LogP contribution in [0.3, 0.4) is 0 Å². The Bertz CT molecular complexity index is 1620. The van der Waals surface area contributed by atoms with Crippen LogP contribution in [0.25, 0.3) is 28.0 Å². The topological polar surface area (TPSA) is 153 Å². The van der Waals surface area contributed by atoms with Gasteiger partial charge >= 0.3 is 11.9 Å². The highest BCUT2D eigenvalue weighted by molar-refractivity contribution is 5.83. The normalized spacial score (nSPS) is 13.2. The first-order valence-corrected chi connectivity index (χ1v) is 14.5. The Morgan fingerprint density at radius 2 is 1.84 bits per heavy atom. The Morgan fingerprint density at radius 1 is 1.09 bits per heavy atom. The molecule has 0 aliphatic heterocycles. The summed E-state index contributed by atoms with van der Waals surface area (Å²) in [5.41, 5.74) is 18.2. The molecule has 4 aromatic rings. The van der Waals surface area contributed by atoms with E-state index in [0.717, 1.165) is 11.6 Å². The highest BCUT2D eigenvalue weighted by Crippen LogP contribution is 2.34. The Labute approximate surface area is 252 Å². The third kappa shape index (κ3) is 8.66. The lowest BCUT2D eigenvalue weighted by molar-refractivity contribution is -0.137. The summed E-state index contributed by atoms with van der Waals surface area (Å²) >= 11 is 0. The second kappa shape index (κ2) is 14.5. The lowest BCUT2D eigenvalue weighted by Gasteiger charge is -2.18. The summed E-state index contributed by atoms with van der Waals surface area (Å²) in [5, 5.41) is 3.86. The zero-order valence-electron chi connectivity index (χ0n) is 24.5. The molecule has 0 aliphatic rings. The minimum Gasteiger partial charge on any atom is -0.370 e. The number of nitrogens with two attached hydrogens (primary N) is 3. The molecule has 0 aliphatic carbocycles. The van der Waals surface area contributed by atoms with Gasteiger partial charge in [-0.3, -0.25) is 13.9 Å². The van der Waals surface area contributed by atoms with Crippen molar-refractivity contribution in [1.29, 1.82) is 0 Å². The van der Waals surface area contributed by atoms with Crippen molar-refractivity contribution in [2.24, 2.45) is 22.2 Å². The van der Waals surface area contributed by atoms with E-state index in [1.54, 1.807) is 30.5 Å². The van der Waals surface area contributed by atoms with E-state index in [-0.39, 0.29) is 30.1 Å². The van der Waals surface area contributed by atoms with E-state index in [1.165, 1.54) is 10.6 Å². The van der Waals surface area contributed by atoms with Gasteiger partial charge in [-0.25, -0.2) is 4.79 Å². The van der Waals surface area contributed by atoms with Crippen LogP contribution in [0.15, 0.2) is 64.5 Å². The van der Waals surface area contributed by atoms with Crippen molar-refractivity contribution in [2.75, 3.05) is 19.8 Å². The van der Waals surface area contributed by atoms with Crippen LogP contribution < -0.4 is 28.2 Å². The second-order valence-electron chi connectivity index (χ2n) is 10.9. The van der Waals surface area contributed by atoms with Crippen molar-refractivity contribution >= 4 is 17.0 Å². The highest BCUT2D eigenvalue weighted by atomic mass is 19.4. The molecule has 44 heavy (non-hydrogen) atoms. The molecule has 4 rings (SSSR count). The van der Waals surface area contributed by atoms with E-state index in [9.17, 15) is 22.4 Å². The van der Waals surface area contributed by atoms with E-state index in [1.807, 2.05) is 19.1 Å². The quantitative estimate of drug-likeness (QED) is 0.0600. The number of hydrogen-bond acceptors (Lipinski definition) is 5. The number of H-pyrrole nitrogens is 1. The number of rotatable bonds is 14. The Hall–Kier alpha value is -4.23. The minimum atomic E-state index is -4.51. The molecule has 0 saturated carbocycles. The summed E-state index contributed by atoms with van der Waals surface area (Å²) in [4.78, 5) is 24.0. The van der Waals surface area contributed by atoms with Gasteiger partial charge in [-0.15, -0.1) is 0 Å². The van der Waals surface area contributed by atoms with Gasteiger partial charge in [0.05, 0.1) is 17.9 Å². The molecule has 236 valence electrons. The first-order chi connectivity index (χ1) is 20.9. The molecular formula is C31H38F4N8O. The number of guanidine groups is 1. The van der Waals surface area contributed by atoms with Crippen molar-refractivity contribution < 1.29 is 17.6 Å². The SMILES string of the molecule is C[C@H](N)CCCc1cc(-c2cc3cn(-c4ccc([C@H](CCF)NCCCN=C(N)N)cc4)c(=O)nc3[nH]2)cc(C(F)(F)F)c1. The van der Waals surface area contributed by atoms with Crippen LogP contribution in [0.1, 0.15) is 55.3 Å². The van der Waals surface area contributed by atoms with Gasteiger partial charge in [0.25, 0.3) is 0 Å². The number of halogens is 4. The molecule has 8 N–H and O–H groups in total. The molecule has 2 aromatic carbocycles. The van der Waals surface area contributed by atoms with Gasteiger partial charge in [-0.1, -0.05) is 12.1 Å². The predicted octanol–water partition coefficient (Wildman–Crippen LogP) is 4.72. The summed E-state index contributed by atoms with van der Waals surface area (Å²) in [6, 6.07) is 12.5. The van der Waals surface area contributed by atoms with Crippen molar-refractivity contribution in [1.82, 2.24) is 19.9 Å².